The number of halogens is 1. The first kappa shape index (κ1) is 14.0. The van der Waals surface area contributed by atoms with Gasteiger partial charge in [-0.25, -0.2) is 4.39 Å². The number of hydrogen-bond donors (Lipinski definition) is 1. The molecule has 1 saturated heterocycles. The zero-order valence-electron chi connectivity index (χ0n) is 11.9. The fourth-order valence-corrected chi connectivity index (χ4v) is 2.56. The summed E-state index contributed by atoms with van der Waals surface area (Å²) in [5, 5.41) is 7.30. The molecule has 6 heteroatoms. The van der Waals surface area contributed by atoms with Gasteiger partial charge in [-0.3, -0.25) is 0 Å². The second-order valence-corrected chi connectivity index (χ2v) is 5.26. The molecule has 1 N–H and O–H groups in total. The van der Waals surface area contributed by atoms with Crippen LogP contribution in [0.5, 0.6) is 5.75 Å². The predicted octanol–water partition coefficient (Wildman–Crippen LogP) is 2.43. The van der Waals surface area contributed by atoms with Gasteiger partial charge in [-0.1, -0.05) is 5.16 Å². The summed E-state index contributed by atoms with van der Waals surface area (Å²) in [7, 11) is 1.43. The maximum Gasteiger partial charge on any atom is 0.226 e. The number of methoxy groups -OCH3 is 1. The number of benzene rings is 1. The largest absolute Gasteiger partial charge is 0.494 e. The van der Waals surface area contributed by atoms with E-state index in [1.54, 1.807) is 12.1 Å². The molecule has 0 aliphatic carbocycles. The van der Waals surface area contributed by atoms with Crippen molar-refractivity contribution in [3.8, 4) is 17.1 Å². The van der Waals surface area contributed by atoms with Gasteiger partial charge in [0.25, 0.3) is 0 Å². The minimum atomic E-state index is -0.404. The smallest absolute Gasteiger partial charge is 0.226 e. The summed E-state index contributed by atoms with van der Waals surface area (Å²) in [4.78, 5) is 4.37. The highest BCUT2D eigenvalue weighted by atomic mass is 19.1. The first-order valence-corrected chi connectivity index (χ1v) is 7.13. The van der Waals surface area contributed by atoms with Crippen LogP contribution in [-0.2, 0) is 6.42 Å². The molecule has 5 nitrogen and oxygen atoms in total. The molecule has 2 aromatic rings. The van der Waals surface area contributed by atoms with E-state index in [9.17, 15) is 4.39 Å². The predicted molar refractivity (Wildman–Crippen MR) is 75.5 cm³/mol. The van der Waals surface area contributed by atoms with E-state index in [1.165, 1.54) is 19.6 Å². The lowest BCUT2D eigenvalue weighted by Crippen LogP contribution is -2.09. The Labute approximate surface area is 122 Å². The molecular weight excluding hydrogens is 273 g/mol. The molecular formula is C15H18FN3O2. The second-order valence-electron chi connectivity index (χ2n) is 5.26. The van der Waals surface area contributed by atoms with Gasteiger partial charge in [0.2, 0.25) is 11.7 Å². The van der Waals surface area contributed by atoms with E-state index in [0.717, 1.165) is 25.9 Å². The molecule has 1 aliphatic heterocycles. The van der Waals surface area contributed by atoms with Crippen molar-refractivity contribution in [1.29, 1.82) is 0 Å². The van der Waals surface area contributed by atoms with Crippen LogP contribution < -0.4 is 10.1 Å². The number of hydrogen-bond acceptors (Lipinski definition) is 5. The van der Waals surface area contributed by atoms with Crippen LogP contribution in [0, 0.1) is 11.7 Å². The minimum Gasteiger partial charge on any atom is -0.494 e. The summed E-state index contributed by atoms with van der Waals surface area (Å²) >= 11 is 0. The molecule has 112 valence electrons. The Morgan fingerprint density at radius 2 is 2.38 bits per heavy atom. The quantitative estimate of drug-likeness (QED) is 0.916. The number of nitrogens with zero attached hydrogens (tertiary/aromatic N) is 2. The Morgan fingerprint density at radius 3 is 3.14 bits per heavy atom. The Hall–Kier alpha value is -1.95. The van der Waals surface area contributed by atoms with Crippen LogP contribution in [0.4, 0.5) is 4.39 Å². The molecule has 0 amide bonds. The van der Waals surface area contributed by atoms with Gasteiger partial charge in [0.15, 0.2) is 11.6 Å². The first-order valence-electron chi connectivity index (χ1n) is 7.13. The summed E-state index contributed by atoms with van der Waals surface area (Å²) in [5.41, 5.74) is 0.686. The molecule has 2 heterocycles. The highest BCUT2D eigenvalue weighted by Crippen LogP contribution is 2.25. The van der Waals surface area contributed by atoms with E-state index in [0.29, 0.717) is 23.2 Å². The van der Waals surface area contributed by atoms with Crippen molar-refractivity contribution in [3.05, 3.63) is 29.9 Å². The van der Waals surface area contributed by atoms with E-state index in [4.69, 9.17) is 9.26 Å². The monoisotopic (exact) mass is 291 g/mol. The molecule has 1 aliphatic rings. The van der Waals surface area contributed by atoms with Gasteiger partial charge < -0.3 is 14.6 Å². The summed E-state index contributed by atoms with van der Waals surface area (Å²) in [6.07, 6.45) is 3.02. The number of aryl methyl sites for hydroxylation is 1. The highest BCUT2D eigenvalue weighted by Gasteiger charge is 2.17. The lowest BCUT2D eigenvalue weighted by Gasteiger charge is -2.04. The van der Waals surface area contributed by atoms with E-state index >= 15 is 0 Å². The van der Waals surface area contributed by atoms with E-state index < -0.39 is 5.82 Å². The number of rotatable bonds is 5. The van der Waals surface area contributed by atoms with Gasteiger partial charge in [0, 0.05) is 12.0 Å². The molecule has 1 aromatic heterocycles. The molecule has 1 aromatic carbocycles. The van der Waals surface area contributed by atoms with Crippen molar-refractivity contribution in [2.45, 2.75) is 19.3 Å². The normalized spacial score (nSPS) is 18.1. The van der Waals surface area contributed by atoms with Gasteiger partial charge in [-0.05, 0) is 50.0 Å². The Bertz CT molecular complexity index is 609. The summed E-state index contributed by atoms with van der Waals surface area (Å²) in [6, 6.07) is 4.53. The summed E-state index contributed by atoms with van der Waals surface area (Å²) in [6.45, 7) is 2.16. The third kappa shape index (κ3) is 3.21. The van der Waals surface area contributed by atoms with Gasteiger partial charge in [-0.15, -0.1) is 0 Å². The Kier molecular flexibility index (Phi) is 4.15. The number of ether oxygens (including phenoxy) is 1. The fourth-order valence-electron chi connectivity index (χ4n) is 2.56. The molecule has 1 fully saturated rings. The second kappa shape index (κ2) is 6.22. The van der Waals surface area contributed by atoms with Crippen LogP contribution in [0.3, 0.4) is 0 Å². The van der Waals surface area contributed by atoms with Crippen LogP contribution in [0.15, 0.2) is 22.7 Å². The van der Waals surface area contributed by atoms with Crippen LogP contribution >= 0.6 is 0 Å². The maximum atomic E-state index is 13.4. The number of aromatic nitrogens is 2. The maximum absolute atomic E-state index is 13.4. The molecule has 1 unspecified atom stereocenters. The highest BCUT2D eigenvalue weighted by molar-refractivity contribution is 5.57. The first-order chi connectivity index (χ1) is 10.3. The SMILES string of the molecule is COc1cc(-c2noc(CCC3CCNC3)n2)ccc1F. The summed E-state index contributed by atoms with van der Waals surface area (Å²) in [5.74, 6) is 1.55. The van der Waals surface area contributed by atoms with Crippen LogP contribution in [-0.4, -0.2) is 30.3 Å². The average molecular weight is 291 g/mol. The Morgan fingerprint density at radius 1 is 1.48 bits per heavy atom. The lowest BCUT2D eigenvalue weighted by molar-refractivity contribution is 0.365. The minimum absolute atomic E-state index is 0.177. The number of nitrogens with one attached hydrogen (secondary N) is 1. The molecule has 0 radical (unpaired) electrons. The van der Waals surface area contributed by atoms with Crippen molar-refractivity contribution in [2.75, 3.05) is 20.2 Å². The van der Waals surface area contributed by atoms with Gasteiger partial charge in [0.05, 0.1) is 7.11 Å². The third-order valence-electron chi connectivity index (χ3n) is 3.81. The topological polar surface area (TPSA) is 60.2 Å². The van der Waals surface area contributed by atoms with Crippen molar-refractivity contribution in [2.24, 2.45) is 5.92 Å². The van der Waals surface area contributed by atoms with E-state index in [2.05, 4.69) is 15.5 Å². The van der Waals surface area contributed by atoms with Crippen molar-refractivity contribution < 1.29 is 13.7 Å². The molecule has 0 saturated carbocycles. The molecule has 0 spiro atoms. The zero-order valence-corrected chi connectivity index (χ0v) is 11.9. The molecule has 3 rings (SSSR count). The van der Waals surface area contributed by atoms with Gasteiger partial charge in [-0.2, -0.15) is 4.98 Å². The standard InChI is InChI=1S/C15H18FN3O2/c1-20-13-8-11(3-4-12(13)16)15-18-14(21-19-15)5-2-10-6-7-17-9-10/h3-4,8,10,17H,2,5-7,9H2,1H3. The lowest BCUT2D eigenvalue weighted by atomic mass is 10.0. The average Bonchev–Trinajstić information content (AvgIpc) is 3.17. The van der Waals surface area contributed by atoms with Crippen LogP contribution in [0.25, 0.3) is 11.4 Å². The van der Waals surface area contributed by atoms with Crippen molar-refractivity contribution >= 4 is 0 Å². The summed E-state index contributed by atoms with van der Waals surface area (Å²) < 4.78 is 23.6. The van der Waals surface area contributed by atoms with Gasteiger partial charge >= 0.3 is 0 Å². The molecule has 21 heavy (non-hydrogen) atoms. The Balaban J connectivity index is 1.69. The van der Waals surface area contributed by atoms with E-state index in [-0.39, 0.29) is 5.75 Å². The van der Waals surface area contributed by atoms with E-state index in [1.807, 2.05) is 0 Å². The molecule has 0 bridgehead atoms. The molecule has 1 atom stereocenters. The van der Waals surface area contributed by atoms with Gasteiger partial charge in [0.1, 0.15) is 0 Å². The fraction of sp³-hybridized carbons (Fsp3) is 0.467. The van der Waals surface area contributed by atoms with Crippen molar-refractivity contribution in [3.63, 3.8) is 0 Å². The zero-order chi connectivity index (χ0) is 14.7. The van der Waals surface area contributed by atoms with Crippen molar-refractivity contribution in [1.82, 2.24) is 15.5 Å². The van der Waals surface area contributed by atoms with Crippen LogP contribution in [0.2, 0.25) is 0 Å². The van der Waals surface area contributed by atoms with Crippen LogP contribution in [0.1, 0.15) is 18.7 Å². The third-order valence-corrected chi connectivity index (χ3v) is 3.81.